The van der Waals surface area contributed by atoms with Crippen molar-refractivity contribution in [3.63, 3.8) is 0 Å². The highest BCUT2D eigenvalue weighted by atomic mass is 32.1. The summed E-state index contributed by atoms with van der Waals surface area (Å²) in [6.07, 6.45) is 2.59. The summed E-state index contributed by atoms with van der Waals surface area (Å²) >= 11 is 4.99. The second-order valence-corrected chi connectivity index (χ2v) is 5.42. The molecule has 0 aromatic heterocycles. The Bertz CT molecular complexity index is 911. The Balaban J connectivity index is 1.96. The third kappa shape index (κ3) is 5.49. The van der Waals surface area contributed by atoms with Crippen LogP contribution in [0.15, 0.2) is 54.6 Å². The number of carboxylic acids is 1. The van der Waals surface area contributed by atoms with Gasteiger partial charge in [-0.25, -0.2) is 4.79 Å². The predicted octanol–water partition coefficient (Wildman–Crippen LogP) is 2.82. The maximum absolute atomic E-state index is 11.9. The van der Waals surface area contributed by atoms with Crippen molar-refractivity contribution >= 4 is 46.7 Å². The van der Waals surface area contributed by atoms with Gasteiger partial charge in [0.25, 0.3) is 5.69 Å². The molecule has 1 amide bonds. The molecule has 0 heterocycles. The molecule has 2 rings (SSSR count). The summed E-state index contributed by atoms with van der Waals surface area (Å²) in [4.78, 5) is 33.0. The average Bonchev–Trinajstić information content (AvgIpc) is 2.60. The number of aromatic carboxylic acids is 1. The number of non-ortho nitro benzene ring substituents is 1. The lowest BCUT2D eigenvalue weighted by atomic mass is 10.2. The van der Waals surface area contributed by atoms with Crippen LogP contribution in [0.3, 0.4) is 0 Å². The SMILES string of the molecule is O=C(C=Cc1cccc([N+](=O)[O-])c1)NC(=S)Nc1cccc(C(=O)O)c1. The molecule has 2 aromatic carbocycles. The van der Waals surface area contributed by atoms with Crippen molar-refractivity contribution in [1.82, 2.24) is 5.32 Å². The monoisotopic (exact) mass is 371 g/mol. The van der Waals surface area contributed by atoms with E-state index in [4.69, 9.17) is 17.3 Å². The Hall–Kier alpha value is -3.59. The van der Waals surface area contributed by atoms with Gasteiger partial charge in [-0.1, -0.05) is 18.2 Å². The zero-order valence-electron chi connectivity index (χ0n) is 13.2. The van der Waals surface area contributed by atoms with Crippen LogP contribution >= 0.6 is 12.2 Å². The fourth-order valence-corrected chi connectivity index (χ4v) is 2.18. The third-order valence-corrected chi connectivity index (χ3v) is 3.32. The number of carboxylic acid groups (broad SMARTS) is 1. The van der Waals surface area contributed by atoms with Crippen molar-refractivity contribution in [2.45, 2.75) is 0 Å². The topological polar surface area (TPSA) is 122 Å². The number of anilines is 1. The second kappa shape index (κ2) is 8.49. The predicted molar refractivity (Wildman–Crippen MR) is 99.9 cm³/mol. The van der Waals surface area contributed by atoms with Gasteiger partial charge in [-0.15, -0.1) is 0 Å². The van der Waals surface area contributed by atoms with Gasteiger partial charge in [0.2, 0.25) is 5.91 Å². The molecule has 0 saturated heterocycles. The van der Waals surface area contributed by atoms with E-state index in [1.807, 2.05) is 0 Å². The maximum atomic E-state index is 11.9. The first-order valence-electron chi connectivity index (χ1n) is 7.23. The van der Waals surface area contributed by atoms with Gasteiger partial charge in [-0.3, -0.25) is 20.2 Å². The number of amides is 1. The van der Waals surface area contributed by atoms with Gasteiger partial charge in [0.1, 0.15) is 0 Å². The quantitative estimate of drug-likeness (QED) is 0.320. The number of nitrogens with zero attached hydrogens (tertiary/aromatic N) is 1. The van der Waals surface area contributed by atoms with Crippen molar-refractivity contribution in [3.8, 4) is 0 Å². The zero-order chi connectivity index (χ0) is 19.1. The highest BCUT2D eigenvalue weighted by molar-refractivity contribution is 7.80. The summed E-state index contributed by atoms with van der Waals surface area (Å²) in [5.74, 6) is -1.62. The van der Waals surface area contributed by atoms with E-state index >= 15 is 0 Å². The number of nitro groups is 1. The molecule has 0 saturated carbocycles. The number of thiocarbonyl (C=S) groups is 1. The molecular formula is C17H13N3O5S. The van der Waals surface area contributed by atoms with E-state index < -0.39 is 16.8 Å². The summed E-state index contributed by atoms with van der Waals surface area (Å²) in [5, 5.41) is 24.7. The number of rotatable bonds is 5. The van der Waals surface area contributed by atoms with Gasteiger partial charge in [0, 0.05) is 23.9 Å². The summed E-state index contributed by atoms with van der Waals surface area (Å²) < 4.78 is 0. The highest BCUT2D eigenvalue weighted by Gasteiger charge is 2.07. The Morgan fingerprint density at radius 2 is 1.88 bits per heavy atom. The lowest BCUT2D eigenvalue weighted by Crippen LogP contribution is -2.32. The minimum atomic E-state index is -1.08. The van der Waals surface area contributed by atoms with Crippen LogP contribution in [0.4, 0.5) is 11.4 Å². The molecule has 9 heteroatoms. The van der Waals surface area contributed by atoms with E-state index in [-0.39, 0.29) is 16.4 Å². The van der Waals surface area contributed by atoms with Crippen LogP contribution < -0.4 is 10.6 Å². The normalized spacial score (nSPS) is 10.3. The molecule has 132 valence electrons. The van der Waals surface area contributed by atoms with E-state index in [1.54, 1.807) is 18.2 Å². The first kappa shape index (κ1) is 18.7. The summed E-state index contributed by atoms with van der Waals surface area (Å²) in [6, 6.07) is 11.8. The number of nitrogens with one attached hydrogen (secondary N) is 2. The molecule has 0 radical (unpaired) electrons. The molecule has 0 bridgehead atoms. The number of nitro benzene ring substituents is 1. The van der Waals surface area contributed by atoms with Crippen molar-refractivity contribution in [2.24, 2.45) is 0 Å². The summed E-state index contributed by atoms with van der Waals surface area (Å²) in [6.45, 7) is 0. The molecule has 0 aliphatic heterocycles. The fraction of sp³-hybridized carbons (Fsp3) is 0. The van der Waals surface area contributed by atoms with Crippen LogP contribution in [0.25, 0.3) is 6.08 Å². The first-order valence-corrected chi connectivity index (χ1v) is 7.64. The molecule has 0 atom stereocenters. The molecule has 0 spiro atoms. The van der Waals surface area contributed by atoms with Crippen molar-refractivity contribution in [1.29, 1.82) is 0 Å². The summed E-state index contributed by atoms with van der Waals surface area (Å²) in [7, 11) is 0. The second-order valence-electron chi connectivity index (χ2n) is 5.01. The van der Waals surface area contributed by atoms with E-state index in [0.717, 1.165) is 0 Å². The number of carbonyl (C=O) groups excluding carboxylic acids is 1. The van der Waals surface area contributed by atoms with E-state index in [2.05, 4.69) is 10.6 Å². The fourth-order valence-electron chi connectivity index (χ4n) is 1.96. The van der Waals surface area contributed by atoms with Crippen LogP contribution in [0.5, 0.6) is 0 Å². The largest absolute Gasteiger partial charge is 0.478 e. The number of carbonyl (C=O) groups is 2. The van der Waals surface area contributed by atoms with Gasteiger partial charge in [0.05, 0.1) is 10.5 Å². The lowest BCUT2D eigenvalue weighted by Gasteiger charge is -2.08. The van der Waals surface area contributed by atoms with Crippen LogP contribution in [-0.2, 0) is 4.79 Å². The van der Waals surface area contributed by atoms with Crippen molar-refractivity contribution < 1.29 is 19.6 Å². The summed E-state index contributed by atoms with van der Waals surface area (Å²) in [5.41, 5.74) is 0.901. The van der Waals surface area contributed by atoms with Crippen LogP contribution in [0.2, 0.25) is 0 Å². The van der Waals surface area contributed by atoms with Crippen molar-refractivity contribution in [2.75, 3.05) is 5.32 Å². The third-order valence-electron chi connectivity index (χ3n) is 3.11. The maximum Gasteiger partial charge on any atom is 0.335 e. The average molecular weight is 371 g/mol. The van der Waals surface area contributed by atoms with Gasteiger partial charge in [-0.05, 0) is 42.1 Å². The van der Waals surface area contributed by atoms with Crippen LogP contribution in [0.1, 0.15) is 15.9 Å². The molecule has 2 aromatic rings. The smallest absolute Gasteiger partial charge is 0.335 e. The lowest BCUT2D eigenvalue weighted by molar-refractivity contribution is -0.384. The van der Waals surface area contributed by atoms with Gasteiger partial charge < -0.3 is 10.4 Å². The van der Waals surface area contributed by atoms with Crippen molar-refractivity contribution in [3.05, 3.63) is 75.8 Å². The molecule has 0 aliphatic carbocycles. The number of benzene rings is 2. The Kier molecular flexibility index (Phi) is 6.12. The minimum Gasteiger partial charge on any atom is -0.478 e. The Morgan fingerprint density at radius 3 is 2.58 bits per heavy atom. The molecule has 26 heavy (non-hydrogen) atoms. The first-order chi connectivity index (χ1) is 12.3. The Morgan fingerprint density at radius 1 is 1.15 bits per heavy atom. The van der Waals surface area contributed by atoms with E-state index in [0.29, 0.717) is 11.3 Å². The van der Waals surface area contributed by atoms with E-state index in [9.17, 15) is 19.7 Å². The van der Waals surface area contributed by atoms with Gasteiger partial charge >= 0.3 is 5.97 Å². The minimum absolute atomic E-state index is 0.0127. The highest BCUT2D eigenvalue weighted by Crippen LogP contribution is 2.14. The van der Waals surface area contributed by atoms with Gasteiger partial charge in [-0.2, -0.15) is 0 Å². The molecular weight excluding hydrogens is 358 g/mol. The Labute approximate surface area is 153 Å². The zero-order valence-corrected chi connectivity index (χ0v) is 14.0. The molecule has 8 nitrogen and oxygen atoms in total. The van der Waals surface area contributed by atoms with Crippen LogP contribution in [-0.4, -0.2) is 27.0 Å². The molecule has 0 fully saturated rings. The number of hydrogen-bond donors (Lipinski definition) is 3. The molecule has 3 N–H and O–H groups in total. The molecule has 0 aliphatic rings. The molecule has 0 unspecified atom stereocenters. The van der Waals surface area contributed by atoms with E-state index in [1.165, 1.54) is 42.5 Å². The standard InChI is InChI=1S/C17H13N3O5S/c21-15(8-7-11-3-1-6-14(9-11)20(24)25)19-17(26)18-13-5-2-4-12(10-13)16(22)23/h1-10H,(H,22,23)(H2,18,19,21,26). The van der Waals surface area contributed by atoms with Gasteiger partial charge in [0.15, 0.2) is 5.11 Å². The van der Waals surface area contributed by atoms with Crippen LogP contribution in [0, 0.1) is 10.1 Å². The number of hydrogen-bond acceptors (Lipinski definition) is 5.